The van der Waals surface area contributed by atoms with Crippen molar-refractivity contribution < 1.29 is 14.3 Å². The topological polar surface area (TPSA) is 58.6 Å². The van der Waals surface area contributed by atoms with Crippen molar-refractivity contribution in [1.82, 2.24) is 4.90 Å². The molecule has 2 aliphatic heterocycles. The molecule has 1 saturated heterocycles. The van der Waals surface area contributed by atoms with E-state index in [4.69, 9.17) is 4.74 Å². The maximum atomic E-state index is 13.2. The number of carbonyl (C=O) groups is 2. The Balaban J connectivity index is 1.70. The summed E-state index contributed by atoms with van der Waals surface area (Å²) in [5, 5.41) is 3.14. The van der Waals surface area contributed by atoms with Crippen LogP contribution in [-0.2, 0) is 4.79 Å². The van der Waals surface area contributed by atoms with Crippen LogP contribution in [0.1, 0.15) is 23.7 Å². The van der Waals surface area contributed by atoms with Gasteiger partial charge in [0.1, 0.15) is 11.8 Å². The largest absolute Gasteiger partial charge is 0.497 e. The molecule has 2 aliphatic rings. The molecular formula is C21H22N2O3S. The molecule has 0 unspecified atom stereocenters. The molecule has 0 aliphatic carbocycles. The Bertz CT molecular complexity index is 881. The number of ether oxygens (including phenoxy) is 1. The molecular weight excluding hydrogens is 360 g/mol. The van der Waals surface area contributed by atoms with Crippen molar-refractivity contribution in [2.45, 2.75) is 24.6 Å². The minimum atomic E-state index is -0.390. The fraction of sp³-hybridized carbons (Fsp3) is 0.333. The molecule has 0 radical (unpaired) electrons. The first-order valence-electron chi connectivity index (χ1n) is 9.14. The van der Waals surface area contributed by atoms with E-state index in [9.17, 15) is 9.59 Å². The van der Waals surface area contributed by atoms with Crippen molar-refractivity contribution in [2.24, 2.45) is 0 Å². The van der Waals surface area contributed by atoms with Crippen LogP contribution in [0.15, 0.2) is 42.5 Å². The number of anilines is 1. The summed E-state index contributed by atoms with van der Waals surface area (Å²) < 4.78 is 5.21. The summed E-state index contributed by atoms with van der Waals surface area (Å²) in [5.41, 5.74) is 3.09. The predicted octanol–water partition coefficient (Wildman–Crippen LogP) is 3.65. The molecule has 0 bridgehead atoms. The molecule has 2 aromatic rings. The molecule has 4 rings (SSSR count). The molecule has 5 nitrogen and oxygen atoms in total. The molecule has 2 atom stereocenters. The van der Waals surface area contributed by atoms with E-state index in [0.717, 1.165) is 29.1 Å². The fourth-order valence-corrected chi connectivity index (χ4v) is 5.00. The zero-order valence-corrected chi connectivity index (χ0v) is 16.2. The fourth-order valence-electron chi connectivity index (χ4n) is 3.85. The van der Waals surface area contributed by atoms with Gasteiger partial charge in [-0.2, -0.15) is 11.8 Å². The third-order valence-electron chi connectivity index (χ3n) is 5.18. The second kappa shape index (κ2) is 7.27. The molecule has 2 heterocycles. The standard InChI is InChI=1S/C21H22N2O3S/c1-3-27-18-10-11-23-19(18)20(24)22-17-9-6-14(12-16(17)21(23)25)13-4-7-15(26-2)8-5-13/h4-9,12,18-19H,3,10-11H2,1-2H3,(H,22,24)/t18-,19+/m1/s1. The summed E-state index contributed by atoms with van der Waals surface area (Å²) >= 11 is 1.76. The number of benzene rings is 2. The molecule has 27 heavy (non-hydrogen) atoms. The molecule has 2 aromatic carbocycles. The predicted molar refractivity (Wildman–Crippen MR) is 108 cm³/mol. The van der Waals surface area contributed by atoms with Gasteiger partial charge in [-0.25, -0.2) is 0 Å². The zero-order chi connectivity index (χ0) is 19.0. The lowest BCUT2D eigenvalue weighted by Gasteiger charge is -2.23. The summed E-state index contributed by atoms with van der Waals surface area (Å²) in [5.74, 6) is 1.58. The highest BCUT2D eigenvalue weighted by Gasteiger charge is 2.44. The Morgan fingerprint density at radius 1 is 1.15 bits per heavy atom. The molecule has 1 fully saturated rings. The number of thioether (sulfide) groups is 1. The Kier molecular flexibility index (Phi) is 4.83. The van der Waals surface area contributed by atoms with Crippen LogP contribution >= 0.6 is 11.8 Å². The Labute approximate surface area is 163 Å². The Morgan fingerprint density at radius 3 is 2.59 bits per heavy atom. The van der Waals surface area contributed by atoms with Crippen LogP contribution in [0.2, 0.25) is 0 Å². The smallest absolute Gasteiger partial charge is 0.256 e. The van der Waals surface area contributed by atoms with E-state index in [1.165, 1.54) is 0 Å². The van der Waals surface area contributed by atoms with Gasteiger partial charge >= 0.3 is 0 Å². The van der Waals surface area contributed by atoms with Crippen LogP contribution in [0.25, 0.3) is 11.1 Å². The van der Waals surface area contributed by atoms with Gasteiger partial charge in [-0.3, -0.25) is 9.59 Å². The van der Waals surface area contributed by atoms with E-state index < -0.39 is 0 Å². The molecule has 0 aromatic heterocycles. The number of hydrogen-bond acceptors (Lipinski definition) is 4. The second-order valence-corrected chi connectivity index (χ2v) is 8.22. The number of fused-ring (bicyclic) bond motifs is 2. The molecule has 2 amide bonds. The third kappa shape index (κ3) is 3.18. The highest BCUT2D eigenvalue weighted by Crippen LogP contribution is 2.36. The first kappa shape index (κ1) is 17.9. The molecule has 1 N–H and O–H groups in total. The lowest BCUT2D eigenvalue weighted by Crippen LogP contribution is -2.44. The lowest BCUT2D eigenvalue weighted by molar-refractivity contribution is -0.119. The van der Waals surface area contributed by atoms with Gasteiger partial charge in [0.2, 0.25) is 5.91 Å². The van der Waals surface area contributed by atoms with Gasteiger partial charge in [-0.1, -0.05) is 25.1 Å². The van der Waals surface area contributed by atoms with E-state index in [0.29, 0.717) is 17.8 Å². The number of hydrogen-bond donors (Lipinski definition) is 1. The third-order valence-corrected chi connectivity index (χ3v) is 6.44. The SMILES string of the molecule is CCS[C@@H]1CCN2C(=O)c3cc(-c4ccc(OC)cc4)ccc3NC(=O)[C@H]12. The normalized spacial score (nSPS) is 21.3. The Hall–Kier alpha value is -2.47. The number of carbonyl (C=O) groups excluding carboxylic acids is 2. The van der Waals surface area contributed by atoms with Gasteiger partial charge in [0.15, 0.2) is 0 Å². The van der Waals surface area contributed by atoms with Crippen LogP contribution in [0.4, 0.5) is 5.69 Å². The van der Waals surface area contributed by atoms with E-state index in [2.05, 4.69) is 12.2 Å². The van der Waals surface area contributed by atoms with Crippen molar-refractivity contribution >= 4 is 29.3 Å². The van der Waals surface area contributed by atoms with E-state index >= 15 is 0 Å². The van der Waals surface area contributed by atoms with Crippen LogP contribution in [-0.4, -0.2) is 47.4 Å². The lowest BCUT2D eigenvalue weighted by atomic mass is 10.0. The summed E-state index contributed by atoms with van der Waals surface area (Å²) in [6.07, 6.45) is 0.857. The number of nitrogens with one attached hydrogen (secondary N) is 1. The number of amides is 2. The van der Waals surface area contributed by atoms with E-state index in [1.807, 2.05) is 42.5 Å². The van der Waals surface area contributed by atoms with Crippen LogP contribution in [0.3, 0.4) is 0 Å². The molecule has 6 heteroatoms. The van der Waals surface area contributed by atoms with Gasteiger partial charge in [0, 0.05) is 11.8 Å². The van der Waals surface area contributed by atoms with Crippen LogP contribution in [0.5, 0.6) is 5.75 Å². The van der Waals surface area contributed by atoms with Crippen molar-refractivity contribution in [3.05, 3.63) is 48.0 Å². The molecule has 0 spiro atoms. The summed E-state index contributed by atoms with van der Waals surface area (Å²) in [7, 11) is 1.63. The van der Waals surface area contributed by atoms with Crippen LogP contribution < -0.4 is 10.1 Å². The van der Waals surface area contributed by atoms with Gasteiger partial charge in [-0.05, 0) is 47.6 Å². The maximum Gasteiger partial charge on any atom is 0.256 e. The minimum Gasteiger partial charge on any atom is -0.497 e. The highest BCUT2D eigenvalue weighted by molar-refractivity contribution is 7.99. The average Bonchev–Trinajstić information content (AvgIpc) is 3.07. The first-order chi connectivity index (χ1) is 13.1. The molecule has 140 valence electrons. The van der Waals surface area contributed by atoms with Crippen molar-refractivity contribution in [2.75, 3.05) is 24.7 Å². The maximum absolute atomic E-state index is 13.2. The van der Waals surface area contributed by atoms with Crippen molar-refractivity contribution in [3.8, 4) is 16.9 Å². The van der Waals surface area contributed by atoms with E-state index in [-0.39, 0.29) is 23.1 Å². The summed E-state index contributed by atoms with van der Waals surface area (Å²) in [6, 6.07) is 13.0. The summed E-state index contributed by atoms with van der Waals surface area (Å²) in [6.45, 7) is 2.71. The van der Waals surface area contributed by atoms with Crippen molar-refractivity contribution in [3.63, 3.8) is 0 Å². The van der Waals surface area contributed by atoms with Gasteiger partial charge in [0.25, 0.3) is 5.91 Å². The first-order valence-corrected chi connectivity index (χ1v) is 10.2. The zero-order valence-electron chi connectivity index (χ0n) is 15.4. The van der Waals surface area contributed by atoms with Crippen molar-refractivity contribution in [1.29, 1.82) is 0 Å². The number of methoxy groups -OCH3 is 1. The van der Waals surface area contributed by atoms with E-state index in [1.54, 1.807) is 23.8 Å². The molecule has 0 saturated carbocycles. The number of rotatable bonds is 4. The van der Waals surface area contributed by atoms with Gasteiger partial charge < -0.3 is 15.0 Å². The van der Waals surface area contributed by atoms with Gasteiger partial charge in [0.05, 0.1) is 18.4 Å². The van der Waals surface area contributed by atoms with Crippen LogP contribution in [0, 0.1) is 0 Å². The average molecular weight is 382 g/mol. The monoisotopic (exact) mass is 382 g/mol. The number of nitrogens with zero attached hydrogens (tertiary/aromatic N) is 1. The summed E-state index contributed by atoms with van der Waals surface area (Å²) in [4.78, 5) is 27.7. The Morgan fingerprint density at radius 2 is 1.89 bits per heavy atom. The second-order valence-electron chi connectivity index (χ2n) is 6.70. The van der Waals surface area contributed by atoms with Gasteiger partial charge in [-0.15, -0.1) is 0 Å². The minimum absolute atomic E-state index is 0.0667. The quantitative estimate of drug-likeness (QED) is 0.877. The highest BCUT2D eigenvalue weighted by atomic mass is 32.2.